The lowest BCUT2D eigenvalue weighted by Crippen LogP contribution is -2.30. The zero-order valence-corrected chi connectivity index (χ0v) is 21.2. The van der Waals surface area contributed by atoms with Gasteiger partial charge in [0.15, 0.2) is 11.5 Å². The number of H-pyrrole nitrogens is 1. The van der Waals surface area contributed by atoms with E-state index >= 15 is 0 Å². The van der Waals surface area contributed by atoms with Crippen LogP contribution in [0.4, 0.5) is 0 Å². The van der Waals surface area contributed by atoms with E-state index in [0.717, 1.165) is 41.5 Å². The Balaban J connectivity index is 1.94. The first-order chi connectivity index (χ1) is 16.9. The SMILES string of the molecule is CCCCCN1C(=O)c2[nH]nc(-c3c(C)cc(C)cc3O)c2C1c1cc(OC)c(OC)c(OC)c1. The predicted molar refractivity (Wildman–Crippen MR) is 134 cm³/mol. The van der Waals surface area contributed by atoms with Gasteiger partial charge in [-0.05, 0) is 55.2 Å². The Hall–Kier alpha value is -3.68. The summed E-state index contributed by atoms with van der Waals surface area (Å²) in [6.07, 6.45) is 2.94. The van der Waals surface area contributed by atoms with E-state index in [9.17, 15) is 9.90 Å². The molecular formula is C27H33N3O5. The molecule has 0 saturated heterocycles. The van der Waals surface area contributed by atoms with Gasteiger partial charge in [-0.1, -0.05) is 25.8 Å². The van der Waals surface area contributed by atoms with Crippen molar-refractivity contribution in [2.24, 2.45) is 0 Å². The summed E-state index contributed by atoms with van der Waals surface area (Å²) in [4.78, 5) is 15.4. The highest BCUT2D eigenvalue weighted by atomic mass is 16.5. The van der Waals surface area contributed by atoms with Crippen LogP contribution < -0.4 is 14.2 Å². The molecule has 0 spiro atoms. The van der Waals surface area contributed by atoms with Crippen molar-refractivity contribution >= 4 is 5.91 Å². The number of nitrogens with zero attached hydrogens (tertiary/aromatic N) is 2. The number of methoxy groups -OCH3 is 3. The maximum atomic E-state index is 13.6. The summed E-state index contributed by atoms with van der Waals surface area (Å²) in [6.45, 7) is 6.60. The molecule has 2 aromatic carbocycles. The number of carbonyl (C=O) groups is 1. The molecule has 0 aliphatic carbocycles. The highest BCUT2D eigenvalue weighted by Crippen LogP contribution is 2.48. The zero-order chi connectivity index (χ0) is 25.3. The molecule has 3 aromatic rings. The van der Waals surface area contributed by atoms with Crippen LogP contribution >= 0.6 is 0 Å². The third-order valence-electron chi connectivity index (χ3n) is 6.57. The van der Waals surface area contributed by atoms with E-state index in [-0.39, 0.29) is 11.7 Å². The van der Waals surface area contributed by atoms with Gasteiger partial charge < -0.3 is 24.2 Å². The topological polar surface area (TPSA) is 96.9 Å². The van der Waals surface area contributed by atoms with E-state index in [0.29, 0.717) is 40.7 Å². The molecule has 1 aromatic heterocycles. The molecule has 1 atom stereocenters. The molecule has 0 radical (unpaired) electrons. The van der Waals surface area contributed by atoms with Crippen molar-refractivity contribution in [3.8, 4) is 34.3 Å². The Morgan fingerprint density at radius 3 is 2.29 bits per heavy atom. The minimum atomic E-state index is -0.433. The number of hydrogen-bond acceptors (Lipinski definition) is 6. The number of aromatic amines is 1. The predicted octanol–water partition coefficient (Wildman–Crippen LogP) is 5.16. The van der Waals surface area contributed by atoms with Crippen LogP contribution in [0.25, 0.3) is 11.3 Å². The van der Waals surface area contributed by atoms with Crippen molar-refractivity contribution < 1.29 is 24.1 Å². The summed E-state index contributed by atoms with van der Waals surface area (Å²) in [5.74, 6) is 1.53. The molecule has 0 bridgehead atoms. The number of rotatable bonds is 9. The number of aromatic nitrogens is 2. The molecule has 1 amide bonds. The molecule has 2 N–H and O–H groups in total. The van der Waals surface area contributed by atoms with E-state index in [2.05, 4.69) is 17.1 Å². The monoisotopic (exact) mass is 479 g/mol. The minimum Gasteiger partial charge on any atom is -0.507 e. The third-order valence-corrected chi connectivity index (χ3v) is 6.57. The Kier molecular flexibility index (Phi) is 6.91. The summed E-state index contributed by atoms with van der Waals surface area (Å²) < 4.78 is 16.7. The van der Waals surface area contributed by atoms with Crippen molar-refractivity contribution in [1.82, 2.24) is 15.1 Å². The van der Waals surface area contributed by atoms with Crippen LogP contribution in [0.15, 0.2) is 24.3 Å². The standard InChI is InChI=1S/C27H33N3O5/c1-7-8-9-10-30-25(17-13-19(33-4)26(35-6)20(14-17)34-5)22-23(28-29-24(22)27(30)32)21-16(3)11-15(2)12-18(21)31/h11-14,25,31H,7-10H2,1-6H3,(H,28,29). The van der Waals surface area contributed by atoms with Crippen LogP contribution in [0.1, 0.15) is 65.0 Å². The van der Waals surface area contributed by atoms with Crippen LogP contribution in [-0.2, 0) is 0 Å². The van der Waals surface area contributed by atoms with Crippen molar-refractivity contribution in [1.29, 1.82) is 0 Å². The van der Waals surface area contributed by atoms with E-state index < -0.39 is 6.04 Å². The second-order valence-electron chi connectivity index (χ2n) is 8.90. The van der Waals surface area contributed by atoms with Gasteiger partial charge in [-0.2, -0.15) is 5.10 Å². The molecule has 0 fully saturated rings. The van der Waals surface area contributed by atoms with Gasteiger partial charge in [0, 0.05) is 17.7 Å². The van der Waals surface area contributed by atoms with Gasteiger partial charge in [-0.15, -0.1) is 0 Å². The number of nitrogens with one attached hydrogen (secondary N) is 1. The number of ether oxygens (including phenoxy) is 3. The lowest BCUT2D eigenvalue weighted by molar-refractivity contribution is 0.0740. The number of aryl methyl sites for hydroxylation is 2. The van der Waals surface area contributed by atoms with Gasteiger partial charge in [-0.25, -0.2) is 0 Å². The lowest BCUT2D eigenvalue weighted by Gasteiger charge is -2.27. The number of hydrogen-bond donors (Lipinski definition) is 2. The number of benzene rings is 2. The number of phenolic OH excluding ortho intramolecular Hbond substituents is 1. The second kappa shape index (κ2) is 9.90. The summed E-state index contributed by atoms with van der Waals surface area (Å²) in [7, 11) is 4.70. The third kappa shape index (κ3) is 4.17. The first-order valence-corrected chi connectivity index (χ1v) is 11.9. The zero-order valence-electron chi connectivity index (χ0n) is 21.2. The average Bonchev–Trinajstić information content (AvgIpc) is 3.36. The molecule has 1 unspecified atom stereocenters. The fraction of sp³-hybridized carbons (Fsp3) is 0.407. The maximum absolute atomic E-state index is 13.6. The normalized spacial score (nSPS) is 14.9. The smallest absolute Gasteiger partial charge is 0.273 e. The maximum Gasteiger partial charge on any atom is 0.273 e. The molecule has 8 nitrogen and oxygen atoms in total. The van der Waals surface area contributed by atoms with Gasteiger partial charge in [0.05, 0.1) is 27.4 Å². The van der Waals surface area contributed by atoms with E-state index in [4.69, 9.17) is 14.2 Å². The van der Waals surface area contributed by atoms with Gasteiger partial charge in [0.25, 0.3) is 5.91 Å². The molecule has 2 heterocycles. The largest absolute Gasteiger partial charge is 0.507 e. The summed E-state index contributed by atoms with van der Waals surface area (Å²) in [5, 5.41) is 18.3. The first-order valence-electron chi connectivity index (χ1n) is 11.9. The number of amides is 1. The number of aromatic hydroxyl groups is 1. The molecule has 1 aliphatic rings. The summed E-state index contributed by atoms with van der Waals surface area (Å²) >= 11 is 0. The first kappa shape index (κ1) is 24.4. The number of unbranched alkanes of at least 4 members (excludes halogenated alkanes) is 2. The van der Waals surface area contributed by atoms with Crippen LogP contribution in [-0.4, -0.2) is 54.0 Å². The van der Waals surface area contributed by atoms with E-state index in [1.165, 1.54) is 0 Å². The van der Waals surface area contributed by atoms with E-state index in [1.54, 1.807) is 27.4 Å². The Bertz CT molecular complexity index is 1200. The molecule has 0 saturated carbocycles. The van der Waals surface area contributed by atoms with Gasteiger partial charge in [0.1, 0.15) is 17.1 Å². The molecule has 186 valence electrons. The number of carbonyl (C=O) groups excluding carboxylic acids is 1. The molecular weight excluding hydrogens is 446 g/mol. The Morgan fingerprint density at radius 2 is 1.71 bits per heavy atom. The molecule has 1 aliphatic heterocycles. The quantitative estimate of drug-likeness (QED) is 0.412. The minimum absolute atomic E-state index is 0.113. The Labute approximate surface area is 205 Å². The van der Waals surface area contributed by atoms with Crippen LogP contribution in [0, 0.1) is 13.8 Å². The van der Waals surface area contributed by atoms with Crippen molar-refractivity contribution in [3.05, 3.63) is 52.2 Å². The fourth-order valence-electron chi connectivity index (χ4n) is 5.01. The van der Waals surface area contributed by atoms with Crippen molar-refractivity contribution in [3.63, 3.8) is 0 Å². The average molecular weight is 480 g/mol. The van der Waals surface area contributed by atoms with Crippen molar-refractivity contribution in [2.75, 3.05) is 27.9 Å². The van der Waals surface area contributed by atoms with E-state index in [1.807, 2.05) is 36.9 Å². The number of phenols is 1. The lowest BCUT2D eigenvalue weighted by atomic mass is 9.92. The van der Waals surface area contributed by atoms with Crippen LogP contribution in [0.2, 0.25) is 0 Å². The highest BCUT2D eigenvalue weighted by molar-refractivity contribution is 6.00. The molecule has 8 heteroatoms. The Morgan fingerprint density at radius 1 is 1.03 bits per heavy atom. The van der Waals surface area contributed by atoms with Crippen molar-refractivity contribution in [2.45, 2.75) is 46.1 Å². The summed E-state index contributed by atoms with van der Waals surface area (Å²) in [6, 6.07) is 7.03. The van der Waals surface area contributed by atoms with Gasteiger partial charge in [-0.3, -0.25) is 9.89 Å². The van der Waals surface area contributed by atoms with Crippen LogP contribution in [0.5, 0.6) is 23.0 Å². The number of fused-ring (bicyclic) bond motifs is 1. The summed E-state index contributed by atoms with van der Waals surface area (Å²) in [5.41, 5.74) is 5.02. The fourth-order valence-corrected chi connectivity index (χ4v) is 5.01. The highest BCUT2D eigenvalue weighted by Gasteiger charge is 2.43. The van der Waals surface area contributed by atoms with Crippen LogP contribution in [0.3, 0.4) is 0 Å². The second-order valence-corrected chi connectivity index (χ2v) is 8.90. The van der Waals surface area contributed by atoms with Gasteiger partial charge >= 0.3 is 0 Å². The molecule has 4 rings (SSSR count). The van der Waals surface area contributed by atoms with Gasteiger partial charge in [0.2, 0.25) is 5.75 Å². The molecule has 35 heavy (non-hydrogen) atoms.